The zero-order valence-electron chi connectivity index (χ0n) is 16.5. The highest BCUT2D eigenvalue weighted by atomic mass is 32.2. The topological polar surface area (TPSA) is 70.7 Å². The molecule has 152 valence electrons. The van der Waals surface area contributed by atoms with E-state index < -0.39 is 0 Å². The summed E-state index contributed by atoms with van der Waals surface area (Å²) in [6.45, 7) is 0. The van der Waals surface area contributed by atoms with Crippen LogP contribution >= 0.6 is 11.8 Å². The van der Waals surface area contributed by atoms with Crippen LogP contribution in [0.3, 0.4) is 0 Å². The first kappa shape index (κ1) is 19.2. The van der Waals surface area contributed by atoms with Crippen LogP contribution in [0.15, 0.2) is 101 Å². The van der Waals surface area contributed by atoms with Gasteiger partial charge in [-0.3, -0.25) is 4.40 Å². The minimum atomic E-state index is 0.108. The molecule has 2 N–H and O–H groups in total. The van der Waals surface area contributed by atoms with E-state index >= 15 is 0 Å². The van der Waals surface area contributed by atoms with Crippen molar-refractivity contribution >= 4 is 17.4 Å². The Hall–Kier alpha value is -3.77. The number of phenols is 1. The Balaban J connectivity index is 1.65. The highest BCUT2D eigenvalue weighted by Gasteiger charge is 2.18. The number of phenolic OH excluding ortho intramolecular Hbond substituents is 1. The molecule has 5 aromatic rings. The lowest BCUT2D eigenvalue weighted by molar-refractivity contribution is 0.442. The first-order valence-electron chi connectivity index (χ1n) is 9.84. The monoisotopic (exact) mass is 425 g/mol. The van der Waals surface area contributed by atoms with E-state index in [0.29, 0.717) is 28.5 Å². The number of hydrogen-bond donors (Lipinski definition) is 2. The van der Waals surface area contributed by atoms with Crippen molar-refractivity contribution in [3.63, 3.8) is 0 Å². The van der Waals surface area contributed by atoms with Crippen LogP contribution in [-0.2, 0) is 6.42 Å². The van der Waals surface area contributed by atoms with E-state index in [0.717, 1.165) is 16.0 Å². The lowest BCUT2D eigenvalue weighted by atomic mass is 10.1. The quantitative estimate of drug-likeness (QED) is 0.386. The molecule has 0 unspecified atom stereocenters. The third-order valence-corrected chi connectivity index (χ3v) is 5.93. The third-order valence-electron chi connectivity index (χ3n) is 4.96. The standard InChI is InChI=1S/C25H19N3O2S/c29-19-13-11-18(12-14-19)22-16-28-23(24(27-22)31-20-9-5-2-6-10-20)26-21(25(28)30)15-17-7-3-1-4-8-17/h1-14,16,29-30H,15H2. The molecule has 0 saturated heterocycles. The minimum Gasteiger partial charge on any atom is -0.508 e. The van der Waals surface area contributed by atoms with Crippen molar-refractivity contribution in [2.24, 2.45) is 0 Å². The van der Waals surface area contributed by atoms with E-state index in [2.05, 4.69) is 0 Å². The summed E-state index contributed by atoms with van der Waals surface area (Å²) in [6.07, 6.45) is 2.31. The van der Waals surface area contributed by atoms with Gasteiger partial charge in [0.15, 0.2) is 5.65 Å². The zero-order valence-corrected chi connectivity index (χ0v) is 17.3. The third kappa shape index (κ3) is 3.98. The SMILES string of the molecule is Oc1ccc(-c2cn3c(O)c(Cc4ccccc4)nc3c(Sc3ccccc3)n2)cc1. The van der Waals surface area contributed by atoms with Crippen LogP contribution in [0.1, 0.15) is 11.3 Å². The molecule has 2 heterocycles. The molecule has 0 radical (unpaired) electrons. The van der Waals surface area contributed by atoms with Crippen molar-refractivity contribution < 1.29 is 10.2 Å². The lowest BCUT2D eigenvalue weighted by Crippen LogP contribution is -1.95. The average molecular weight is 426 g/mol. The van der Waals surface area contributed by atoms with Gasteiger partial charge in [0, 0.05) is 23.1 Å². The Labute approximate surface area is 183 Å². The molecular formula is C25H19N3O2S. The molecule has 0 amide bonds. The van der Waals surface area contributed by atoms with Crippen LogP contribution in [0.4, 0.5) is 0 Å². The van der Waals surface area contributed by atoms with Crippen molar-refractivity contribution in [1.82, 2.24) is 14.4 Å². The molecule has 2 aromatic heterocycles. The number of aromatic hydroxyl groups is 2. The summed E-state index contributed by atoms with van der Waals surface area (Å²) in [5, 5.41) is 21.3. The van der Waals surface area contributed by atoms with E-state index in [4.69, 9.17) is 9.97 Å². The maximum absolute atomic E-state index is 11.0. The van der Waals surface area contributed by atoms with Crippen molar-refractivity contribution in [1.29, 1.82) is 0 Å². The number of rotatable bonds is 5. The molecule has 6 heteroatoms. The van der Waals surface area contributed by atoms with Gasteiger partial charge in [-0.2, -0.15) is 0 Å². The van der Waals surface area contributed by atoms with Gasteiger partial charge in [0.05, 0.1) is 5.69 Å². The first-order valence-corrected chi connectivity index (χ1v) is 10.7. The molecule has 0 saturated carbocycles. The Morgan fingerprint density at radius 3 is 2.16 bits per heavy atom. The van der Waals surface area contributed by atoms with Gasteiger partial charge in [-0.1, -0.05) is 60.3 Å². The summed E-state index contributed by atoms with van der Waals surface area (Å²) in [7, 11) is 0. The summed E-state index contributed by atoms with van der Waals surface area (Å²) < 4.78 is 1.69. The molecule has 31 heavy (non-hydrogen) atoms. The fourth-order valence-electron chi connectivity index (χ4n) is 3.40. The predicted molar refractivity (Wildman–Crippen MR) is 122 cm³/mol. The van der Waals surface area contributed by atoms with E-state index in [1.165, 1.54) is 11.8 Å². The number of aromatic nitrogens is 3. The molecule has 0 aliphatic heterocycles. The summed E-state index contributed by atoms with van der Waals surface area (Å²) in [5.74, 6) is 0.301. The normalized spacial score (nSPS) is 11.1. The molecule has 5 nitrogen and oxygen atoms in total. The second kappa shape index (κ2) is 8.16. The van der Waals surface area contributed by atoms with Gasteiger partial charge in [0.25, 0.3) is 0 Å². The maximum atomic E-state index is 11.0. The molecule has 0 aliphatic carbocycles. The van der Waals surface area contributed by atoms with Gasteiger partial charge in [-0.05, 0) is 42.0 Å². The molecule has 0 fully saturated rings. The molecule has 3 aromatic carbocycles. The Morgan fingerprint density at radius 1 is 0.774 bits per heavy atom. The van der Waals surface area contributed by atoms with Crippen LogP contribution in [0.2, 0.25) is 0 Å². The number of nitrogens with zero attached hydrogens (tertiary/aromatic N) is 3. The van der Waals surface area contributed by atoms with Crippen LogP contribution in [0.5, 0.6) is 11.6 Å². The van der Waals surface area contributed by atoms with Crippen molar-refractivity contribution in [3.8, 4) is 22.9 Å². The molecule has 0 atom stereocenters. The van der Waals surface area contributed by atoms with E-state index in [9.17, 15) is 10.2 Å². The second-order valence-electron chi connectivity index (χ2n) is 7.13. The fourth-order valence-corrected chi connectivity index (χ4v) is 4.30. The van der Waals surface area contributed by atoms with Crippen molar-refractivity contribution in [3.05, 3.63) is 102 Å². The van der Waals surface area contributed by atoms with Gasteiger partial charge in [-0.25, -0.2) is 9.97 Å². The van der Waals surface area contributed by atoms with Crippen molar-refractivity contribution in [2.45, 2.75) is 16.3 Å². The Kier molecular flexibility index (Phi) is 5.06. The van der Waals surface area contributed by atoms with E-state index in [1.807, 2.05) is 60.7 Å². The van der Waals surface area contributed by atoms with Crippen LogP contribution in [0, 0.1) is 0 Å². The van der Waals surface area contributed by atoms with Gasteiger partial charge in [-0.15, -0.1) is 0 Å². The van der Waals surface area contributed by atoms with Gasteiger partial charge in [0.2, 0.25) is 5.88 Å². The molecular weight excluding hydrogens is 406 g/mol. The number of benzene rings is 3. The highest BCUT2D eigenvalue weighted by Crippen LogP contribution is 2.34. The van der Waals surface area contributed by atoms with Crippen LogP contribution in [0.25, 0.3) is 16.9 Å². The minimum absolute atomic E-state index is 0.108. The largest absolute Gasteiger partial charge is 0.508 e. The van der Waals surface area contributed by atoms with Crippen molar-refractivity contribution in [2.75, 3.05) is 0 Å². The van der Waals surface area contributed by atoms with Gasteiger partial charge >= 0.3 is 0 Å². The highest BCUT2D eigenvalue weighted by molar-refractivity contribution is 7.99. The lowest BCUT2D eigenvalue weighted by Gasteiger charge is -2.08. The van der Waals surface area contributed by atoms with Crippen LogP contribution in [-0.4, -0.2) is 24.6 Å². The van der Waals surface area contributed by atoms with Gasteiger partial charge in [0.1, 0.15) is 16.5 Å². The van der Waals surface area contributed by atoms with E-state index in [1.54, 1.807) is 34.9 Å². The Bertz CT molecular complexity index is 1330. The zero-order chi connectivity index (χ0) is 21.2. The van der Waals surface area contributed by atoms with Gasteiger partial charge < -0.3 is 10.2 Å². The predicted octanol–water partition coefficient (Wildman–Crippen LogP) is 5.55. The Morgan fingerprint density at radius 2 is 1.45 bits per heavy atom. The molecule has 0 bridgehead atoms. The van der Waals surface area contributed by atoms with Crippen LogP contribution < -0.4 is 0 Å². The summed E-state index contributed by atoms with van der Waals surface area (Å²) in [5.41, 5.74) is 3.81. The number of imidazole rings is 1. The maximum Gasteiger partial charge on any atom is 0.219 e. The number of fused-ring (bicyclic) bond motifs is 1. The average Bonchev–Trinajstić information content (AvgIpc) is 3.11. The summed E-state index contributed by atoms with van der Waals surface area (Å²) in [4.78, 5) is 10.6. The fraction of sp³-hybridized carbons (Fsp3) is 0.0400. The molecule has 0 aliphatic rings. The summed E-state index contributed by atoms with van der Waals surface area (Å²) >= 11 is 1.50. The first-order chi connectivity index (χ1) is 15.2. The smallest absolute Gasteiger partial charge is 0.219 e. The molecule has 0 spiro atoms. The molecule has 5 rings (SSSR count). The second-order valence-corrected chi connectivity index (χ2v) is 8.19. The number of hydrogen-bond acceptors (Lipinski definition) is 5. The summed E-state index contributed by atoms with van der Waals surface area (Å²) in [6, 6.07) is 26.8. The van der Waals surface area contributed by atoms with E-state index in [-0.39, 0.29) is 11.6 Å².